The number of nitriles is 1. The lowest BCUT2D eigenvalue weighted by atomic mass is 9.95. The van der Waals surface area contributed by atoms with Crippen molar-refractivity contribution in [3.8, 4) is 18.4 Å². The summed E-state index contributed by atoms with van der Waals surface area (Å²) in [6.45, 7) is 24.9. The predicted molar refractivity (Wildman–Crippen MR) is 199 cm³/mol. The average molecular weight is 606 g/mol. The molecule has 0 aliphatic carbocycles. The van der Waals surface area contributed by atoms with E-state index in [1.807, 2.05) is 86.7 Å². The van der Waals surface area contributed by atoms with Crippen molar-refractivity contribution in [3.05, 3.63) is 168 Å². The minimum absolute atomic E-state index is 0.465. The summed E-state index contributed by atoms with van der Waals surface area (Å²) in [7, 11) is 0. The standard InChI is InChI=1S/C20H21N.C10H16.C9H9Cl.C3H6/c1-5-8-19(16(2)3)10-7-6-9-17(4)20-13-11-18(15-21)12-14-20;1-4-6-7-9-10(3)8-5-2;1-8(10)7-9-5-3-2-4-6-9;1-3-2/h1,7-8,10-14,17H,2,6,9H2,3-4H3;4,6-7,9H,1,5,8H2,2-3H3;2-6H,1,7H2;3H,1H2,2H3/b10-7-,19-8+;7-6-,10-9+;;. The fourth-order valence-corrected chi connectivity index (χ4v) is 3.76. The maximum Gasteiger partial charge on any atom is 0.0991 e. The van der Waals surface area contributed by atoms with Gasteiger partial charge in [0.05, 0.1) is 11.6 Å². The number of nitrogens with zero attached hydrogens (tertiary/aromatic N) is 1. The molecule has 0 heterocycles. The Morgan fingerprint density at radius 3 is 2.11 bits per heavy atom. The molecular weight excluding hydrogens is 554 g/mol. The zero-order chi connectivity index (χ0) is 33.6. The summed E-state index contributed by atoms with van der Waals surface area (Å²) in [5.41, 5.74) is 6.59. The summed E-state index contributed by atoms with van der Waals surface area (Å²) in [5, 5.41) is 9.48. The number of hydrogen-bond donors (Lipinski definition) is 0. The van der Waals surface area contributed by atoms with Crippen LogP contribution in [0.5, 0.6) is 0 Å². The molecule has 1 atom stereocenters. The van der Waals surface area contributed by atoms with Gasteiger partial charge in [-0.3, -0.25) is 0 Å². The van der Waals surface area contributed by atoms with Gasteiger partial charge in [0.2, 0.25) is 0 Å². The van der Waals surface area contributed by atoms with E-state index >= 15 is 0 Å². The summed E-state index contributed by atoms with van der Waals surface area (Å²) >= 11 is 5.62. The second kappa shape index (κ2) is 28.8. The van der Waals surface area contributed by atoms with Crippen molar-refractivity contribution in [2.75, 3.05) is 0 Å². The van der Waals surface area contributed by atoms with Crippen molar-refractivity contribution in [2.45, 2.75) is 72.6 Å². The van der Waals surface area contributed by atoms with E-state index in [0.29, 0.717) is 16.5 Å². The normalized spacial score (nSPS) is 11.3. The first kappa shape index (κ1) is 41.8. The Bertz CT molecular complexity index is 1300. The first-order chi connectivity index (χ1) is 21.1. The number of halogens is 1. The van der Waals surface area contributed by atoms with Gasteiger partial charge >= 0.3 is 0 Å². The SMILES string of the molecule is C#C/C=C(\C=C/CCC(C)c1ccc(C#N)cc1)C(=C)C.C=C(Cl)Cc1ccccc1.C=C/C=C\C=C(/C)CCC.C=CC. The molecule has 0 amide bonds. The van der Waals surface area contributed by atoms with E-state index in [1.54, 1.807) is 18.2 Å². The Morgan fingerprint density at radius 1 is 1.02 bits per heavy atom. The Morgan fingerprint density at radius 2 is 1.64 bits per heavy atom. The Hall–Kier alpha value is -4.30. The molecule has 44 heavy (non-hydrogen) atoms. The van der Waals surface area contributed by atoms with Gasteiger partial charge in [0.15, 0.2) is 0 Å². The smallest absolute Gasteiger partial charge is 0.0991 e. The van der Waals surface area contributed by atoms with E-state index in [-0.39, 0.29) is 0 Å². The highest BCUT2D eigenvalue weighted by molar-refractivity contribution is 6.29. The molecule has 2 aromatic rings. The van der Waals surface area contributed by atoms with Crippen LogP contribution in [0.2, 0.25) is 0 Å². The largest absolute Gasteiger partial charge is 0.192 e. The highest BCUT2D eigenvalue weighted by atomic mass is 35.5. The molecule has 0 saturated heterocycles. The van der Waals surface area contributed by atoms with Crippen LogP contribution < -0.4 is 0 Å². The molecule has 232 valence electrons. The van der Waals surface area contributed by atoms with Gasteiger partial charge in [-0.25, -0.2) is 0 Å². The van der Waals surface area contributed by atoms with Gasteiger partial charge in [-0.05, 0) is 80.9 Å². The van der Waals surface area contributed by atoms with E-state index in [0.717, 1.165) is 30.4 Å². The predicted octanol–water partition coefficient (Wildman–Crippen LogP) is 12.8. The van der Waals surface area contributed by atoms with Gasteiger partial charge in [0, 0.05) is 11.5 Å². The lowest BCUT2D eigenvalue weighted by Gasteiger charge is -2.10. The van der Waals surface area contributed by atoms with Crippen molar-refractivity contribution in [1.82, 2.24) is 0 Å². The van der Waals surface area contributed by atoms with Gasteiger partial charge in [0.1, 0.15) is 0 Å². The van der Waals surface area contributed by atoms with Gasteiger partial charge < -0.3 is 0 Å². The molecule has 0 fully saturated rings. The van der Waals surface area contributed by atoms with Crippen molar-refractivity contribution in [2.24, 2.45) is 0 Å². The summed E-state index contributed by atoms with van der Waals surface area (Å²) in [5.74, 6) is 3.00. The zero-order valence-corrected chi connectivity index (χ0v) is 28.4. The molecule has 2 aromatic carbocycles. The van der Waals surface area contributed by atoms with Crippen molar-refractivity contribution >= 4 is 11.6 Å². The molecule has 2 rings (SSSR count). The summed E-state index contributed by atoms with van der Waals surface area (Å²) in [6.07, 6.45) is 26.1. The molecule has 0 radical (unpaired) electrons. The van der Waals surface area contributed by atoms with Gasteiger partial charge in [0.25, 0.3) is 0 Å². The van der Waals surface area contributed by atoms with E-state index in [9.17, 15) is 0 Å². The molecule has 0 aliphatic heterocycles. The van der Waals surface area contributed by atoms with Gasteiger partial charge in [-0.1, -0.05) is 154 Å². The summed E-state index contributed by atoms with van der Waals surface area (Å²) < 4.78 is 0. The molecule has 0 saturated carbocycles. The number of hydrogen-bond acceptors (Lipinski definition) is 1. The van der Waals surface area contributed by atoms with Crippen LogP contribution in [0.1, 0.15) is 82.9 Å². The van der Waals surface area contributed by atoms with Crippen LogP contribution in [0.3, 0.4) is 0 Å². The third-order valence-corrected chi connectivity index (χ3v) is 6.05. The molecule has 1 nitrogen and oxygen atoms in total. The molecule has 0 aromatic heterocycles. The summed E-state index contributed by atoms with van der Waals surface area (Å²) in [4.78, 5) is 0. The highest BCUT2D eigenvalue weighted by Gasteiger charge is 2.04. The zero-order valence-electron chi connectivity index (χ0n) is 27.7. The highest BCUT2D eigenvalue weighted by Crippen LogP contribution is 2.21. The topological polar surface area (TPSA) is 23.8 Å². The van der Waals surface area contributed by atoms with Crippen molar-refractivity contribution < 1.29 is 0 Å². The quantitative estimate of drug-likeness (QED) is 0.134. The molecule has 0 spiro atoms. The summed E-state index contributed by atoms with van der Waals surface area (Å²) in [6, 6.07) is 20.0. The average Bonchev–Trinajstić information content (AvgIpc) is 3.00. The van der Waals surface area contributed by atoms with Gasteiger partial charge in [-0.15, -0.1) is 13.0 Å². The monoisotopic (exact) mass is 605 g/mol. The third-order valence-electron chi connectivity index (χ3n) is 5.92. The van der Waals surface area contributed by atoms with Crippen LogP contribution >= 0.6 is 11.6 Å². The minimum atomic E-state index is 0.465. The fraction of sp³-hybridized carbons (Fsp3) is 0.262. The van der Waals surface area contributed by atoms with Crippen LogP contribution in [0.25, 0.3) is 0 Å². The number of rotatable bonds is 12. The lowest BCUT2D eigenvalue weighted by molar-refractivity contribution is 0.690. The lowest BCUT2D eigenvalue weighted by Crippen LogP contribution is -1.93. The maximum atomic E-state index is 8.80. The van der Waals surface area contributed by atoms with Crippen LogP contribution in [-0.4, -0.2) is 0 Å². The van der Waals surface area contributed by atoms with E-state index in [4.69, 9.17) is 23.3 Å². The second-order valence-electron chi connectivity index (χ2n) is 10.1. The third kappa shape index (κ3) is 24.3. The number of terminal acetylenes is 1. The van der Waals surface area contributed by atoms with Crippen LogP contribution in [0, 0.1) is 23.7 Å². The maximum absolute atomic E-state index is 8.80. The molecule has 0 N–H and O–H groups in total. The number of allylic oxidation sites excluding steroid dienone is 12. The van der Waals surface area contributed by atoms with Crippen molar-refractivity contribution in [3.63, 3.8) is 0 Å². The van der Waals surface area contributed by atoms with Crippen molar-refractivity contribution in [1.29, 1.82) is 5.26 Å². The van der Waals surface area contributed by atoms with Crippen LogP contribution in [0.4, 0.5) is 0 Å². The van der Waals surface area contributed by atoms with E-state index in [1.165, 1.54) is 29.5 Å². The fourth-order valence-electron chi connectivity index (χ4n) is 3.61. The Balaban J connectivity index is 0. The first-order valence-electron chi connectivity index (χ1n) is 15.0. The van der Waals surface area contributed by atoms with Crippen LogP contribution in [0.15, 0.2) is 151 Å². The Labute approximate surface area is 275 Å². The van der Waals surface area contributed by atoms with Gasteiger partial charge in [-0.2, -0.15) is 5.26 Å². The molecule has 1 unspecified atom stereocenters. The Kier molecular flexibility index (Phi) is 27.4. The second-order valence-corrected chi connectivity index (χ2v) is 10.7. The molecule has 0 bridgehead atoms. The minimum Gasteiger partial charge on any atom is -0.192 e. The molecule has 0 aliphatic rings. The first-order valence-corrected chi connectivity index (χ1v) is 15.4. The number of benzene rings is 2. The van der Waals surface area contributed by atoms with E-state index < -0.39 is 0 Å². The van der Waals surface area contributed by atoms with Crippen LogP contribution in [-0.2, 0) is 6.42 Å². The van der Waals surface area contributed by atoms with E-state index in [2.05, 4.69) is 71.2 Å². The molecular formula is C42H52ClN. The molecule has 2 heteroatoms.